The van der Waals surface area contributed by atoms with Crippen LogP contribution in [0.15, 0.2) is 67.0 Å². The van der Waals surface area contributed by atoms with Gasteiger partial charge in [-0.15, -0.1) is 0 Å². The smallest absolute Gasteiger partial charge is 0.305 e. The average molecular weight is 527 g/mol. The van der Waals surface area contributed by atoms with Crippen LogP contribution in [0.1, 0.15) is 43.9 Å². The first-order valence-electron chi connectivity index (χ1n) is 13.9. The number of carbonyl (C=O) groups is 1. The molecule has 0 aliphatic carbocycles. The predicted molar refractivity (Wildman–Crippen MR) is 155 cm³/mol. The third-order valence-electron chi connectivity index (χ3n) is 7.38. The summed E-state index contributed by atoms with van der Waals surface area (Å²) in [5.74, 6) is 0.741. The van der Waals surface area contributed by atoms with Crippen molar-refractivity contribution in [3.63, 3.8) is 0 Å². The van der Waals surface area contributed by atoms with Crippen molar-refractivity contribution in [3.05, 3.63) is 78.1 Å². The molecule has 3 heterocycles. The second-order valence-corrected chi connectivity index (χ2v) is 10.2. The molecule has 1 fully saturated rings. The standard InChI is InChI=1S/C31H38N6O2/c1-3-39-29(38)10-7-15-36-16-18-37(19-17-36)21-24-11-13-26(14-12-24)28-20-27-30(32-22-33-31(27)35-28)34-23(2)25-8-5-4-6-9-25/h4-6,8-9,11-14,20,22-23H,3,7,10,15-19,21H2,1-2H3,(H2,32,33,34,35). The van der Waals surface area contributed by atoms with Gasteiger partial charge in [0.25, 0.3) is 0 Å². The van der Waals surface area contributed by atoms with E-state index in [1.54, 1.807) is 6.33 Å². The Morgan fingerprint density at radius 3 is 2.51 bits per heavy atom. The molecular formula is C31H38N6O2. The van der Waals surface area contributed by atoms with Crippen molar-refractivity contribution in [2.24, 2.45) is 0 Å². The maximum absolute atomic E-state index is 11.5. The Kier molecular flexibility index (Phi) is 8.85. The number of anilines is 1. The molecule has 1 unspecified atom stereocenters. The number of aromatic amines is 1. The predicted octanol–water partition coefficient (Wildman–Crippen LogP) is 5.26. The minimum absolute atomic E-state index is 0.0882. The van der Waals surface area contributed by atoms with E-state index in [2.05, 4.69) is 91.6 Å². The minimum Gasteiger partial charge on any atom is -0.466 e. The molecule has 0 saturated carbocycles. The van der Waals surface area contributed by atoms with Crippen LogP contribution in [0.3, 0.4) is 0 Å². The molecule has 204 valence electrons. The van der Waals surface area contributed by atoms with E-state index >= 15 is 0 Å². The summed E-state index contributed by atoms with van der Waals surface area (Å²) in [5, 5.41) is 4.53. The summed E-state index contributed by atoms with van der Waals surface area (Å²) in [7, 11) is 0. The lowest BCUT2D eigenvalue weighted by Gasteiger charge is -2.34. The quantitative estimate of drug-likeness (QED) is 0.258. The highest BCUT2D eigenvalue weighted by Crippen LogP contribution is 2.29. The molecule has 5 rings (SSSR count). The summed E-state index contributed by atoms with van der Waals surface area (Å²) in [6.07, 6.45) is 2.98. The number of rotatable bonds is 11. The van der Waals surface area contributed by atoms with Crippen LogP contribution in [-0.4, -0.2) is 70.1 Å². The Labute approximate surface area is 230 Å². The number of nitrogens with zero attached hydrogens (tertiary/aromatic N) is 4. The van der Waals surface area contributed by atoms with Gasteiger partial charge in [-0.3, -0.25) is 9.69 Å². The van der Waals surface area contributed by atoms with Gasteiger partial charge in [-0.1, -0.05) is 54.6 Å². The third kappa shape index (κ3) is 7.02. The highest BCUT2D eigenvalue weighted by molar-refractivity contribution is 5.91. The topological polar surface area (TPSA) is 86.4 Å². The van der Waals surface area contributed by atoms with Crippen LogP contribution in [0.25, 0.3) is 22.3 Å². The molecule has 1 atom stereocenters. The minimum atomic E-state index is -0.0882. The van der Waals surface area contributed by atoms with Gasteiger partial charge in [0.2, 0.25) is 0 Å². The molecule has 1 aliphatic rings. The summed E-state index contributed by atoms with van der Waals surface area (Å²) in [4.78, 5) is 28.9. The highest BCUT2D eigenvalue weighted by atomic mass is 16.5. The van der Waals surface area contributed by atoms with Gasteiger partial charge in [0.15, 0.2) is 0 Å². The van der Waals surface area contributed by atoms with E-state index < -0.39 is 0 Å². The Bertz CT molecular complexity index is 1350. The van der Waals surface area contributed by atoms with Gasteiger partial charge in [-0.25, -0.2) is 9.97 Å². The average Bonchev–Trinajstić information content (AvgIpc) is 3.41. The molecule has 0 radical (unpaired) electrons. The number of hydrogen-bond donors (Lipinski definition) is 2. The first-order chi connectivity index (χ1) is 19.1. The van der Waals surface area contributed by atoms with E-state index in [1.165, 1.54) is 11.1 Å². The normalized spacial score (nSPS) is 15.3. The number of aromatic nitrogens is 3. The highest BCUT2D eigenvalue weighted by Gasteiger charge is 2.17. The van der Waals surface area contributed by atoms with Gasteiger partial charge in [-0.05, 0) is 49.6 Å². The Morgan fingerprint density at radius 2 is 1.77 bits per heavy atom. The van der Waals surface area contributed by atoms with Gasteiger partial charge in [0, 0.05) is 50.9 Å². The lowest BCUT2D eigenvalue weighted by atomic mass is 10.1. The first-order valence-corrected chi connectivity index (χ1v) is 13.9. The molecule has 2 N–H and O–H groups in total. The molecule has 2 aromatic heterocycles. The monoisotopic (exact) mass is 526 g/mol. The lowest BCUT2D eigenvalue weighted by molar-refractivity contribution is -0.143. The van der Waals surface area contributed by atoms with E-state index in [1.807, 2.05) is 13.0 Å². The van der Waals surface area contributed by atoms with E-state index in [-0.39, 0.29) is 12.0 Å². The molecule has 0 spiro atoms. The van der Waals surface area contributed by atoms with Crippen molar-refractivity contribution in [1.29, 1.82) is 0 Å². The molecule has 39 heavy (non-hydrogen) atoms. The van der Waals surface area contributed by atoms with E-state index in [9.17, 15) is 4.79 Å². The lowest BCUT2D eigenvalue weighted by Crippen LogP contribution is -2.46. The summed E-state index contributed by atoms with van der Waals surface area (Å²) in [6.45, 7) is 10.5. The van der Waals surface area contributed by atoms with Crippen molar-refractivity contribution in [2.45, 2.75) is 39.3 Å². The Balaban J connectivity index is 1.16. The Hall–Kier alpha value is -3.75. The molecular weight excluding hydrogens is 488 g/mol. The summed E-state index contributed by atoms with van der Waals surface area (Å²) in [6, 6.07) is 21.4. The van der Waals surface area contributed by atoms with Crippen LogP contribution in [-0.2, 0) is 16.1 Å². The van der Waals surface area contributed by atoms with Crippen LogP contribution < -0.4 is 5.32 Å². The van der Waals surface area contributed by atoms with E-state index in [0.29, 0.717) is 13.0 Å². The van der Waals surface area contributed by atoms with Crippen molar-refractivity contribution >= 4 is 22.8 Å². The van der Waals surface area contributed by atoms with Gasteiger partial charge in [-0.2, -0.15) is 0 Å². The molecule has 8 heteroatoms. The maximum Gasteiger partial charge on any atom is 0.305 e. The third-order valence-corrected chi connectivity index (χ3v) is 7.38. The van der Waals surface area contributed by atoms with E-state index in [0.717, 1.165) is 73.8 Å². The fourth-order valence-corrected chi connectivity index (χ4v) is 5.14. The summed E-state index contributed by atoms with van der Waals surface area (Å²) in [5.41, 5.74) is 5.51. The molecule has 8 nitrogen and oxygen atoms in total. The number of piperazine rings is 1. The van der Waals surface area contributed by atoms with Gasteiger partial charge < -0.3 is 19.9 Å². The summed E-state index contributed by atoms with van der Waals surface area (Å²) < 4.78 is 5.02. The van der Waals surface area contributed by atoms with Gasteiger partial charge in [0.1, 0.15) is 17.8 Å². The molecule has 0 amide bonds. The second kappa shape index (κ2) is 12.9. The first kappa shape index (κ1) is 26.8. The molecule has 1 aliphatic heterocycles. The molecule has 2 aromatic carbocycles. The van der Waals surface area contributed by atoms with Crippen LogP contribution >= 0.6 is 0 Å². The van der Waals surface area contributed by atoms with Crippen molar-refractivity contribution in [2.75, 3.05) is 44.6 Å². The second-order valence-electron chi connectivity index (χ2n) is 10.2. The fraction of sp³-hybridized carbons (Fsp3) is 0.387. The number of H-pyrrole nitrogens is 1. The van der Waals surface area contributed by atoms with Crippen LogP contribution in [0.2, 0.25) is 0 Å². The zero-order chi connectivity index (χ0) is 27.0. The number of ether oxygens (including phenoxy) is 1. The zero-order valence-electron chi connectivity index (χ0n) is 22.9. The summed E-state index contributed by atoms with van der Waals surface area (Å²) >= 11 is 0. The van der Waals surface area contributed by atoms with E-state index in [4.69, 9.17) is 4.74 Å². The van der Waals surface area contributed by atoms with Crippen LogP contribution in [0.4, 0.5) is 5.82 Å². The van der Waals surface area contributed by atoms with Crippen molar-refractivity contribution in [3.8, 4) is 11.3 Å². The fourth-order valence-electron chi connectivity index (χ4n) is 5.14. The molecule has 1 saturated heterocycles. The van der Waals surface area contributed by atoms with Crippen LogP contribution in [0, 0.1) is 0 Å². The SMILES string of the molecule is CCOC(=O)CCCN1CCN(Cc2ccc(-c3cc4c(NC(C)c5ccccc5)ncnc4[nH]3)cc2)CC1. The van der Waals surface area contributed by atoms with Crippen molar-refractivity contribution in [1.82, 2.24) is 24.8 Å². The van der Waals surface area contributed by atoms with Crippen LogP contribution in [0.5, 0.6) is 0 Å². The largest absolute Gasteiger partial charge is 0.466 e. The van der Waals surface area contributed by atoms with Crippen molar-refractivity contribution < 1.29 is 9.53 Å². The number of fused-ring (bicyclic) bond motifs is 1. The molecule has 4 aromatic rings. The van der Waals surface area contributed by atoms with Gasteiger partial charge >= 0.3 is 5.97 Å². The number of benzene rings is 2. The maximum atomic E-state index is 11.5. The number of esters is 1. The zero-order valence-corrected chi connectivity index (χ0v) is 22.9. The molecule has 0 bridgehead atoms. The Morgan fingerprint density at radius 1 is 1.03 bits per heavy atom. The number of hydrogen-bond acceptors (Lipinski definition) is 7. The number of carbonyl (C=O) groups excluding carboxylic acids is 1. The number of nitrogens with one attached hydrogen (secondary N) is 2. The van der Waals surface area contributed by atoms with Gasteiger partial charge in [0.05, 0.1) is 12.0 Å².